The van der Waals surface area contributed by atoms with Gasteiger partial charge in [0.05, 0.1) is 22.2 Å². The number of nitrogens with one attached hydrogen (secondary N) is 1. The van der Waals surface area contributed by atoms with E-state index in [-0.39, 0.29) is 52.6 Å². The van der Waals surface area contributed by atoms with Crippen molar-refractivity contribution in [3.8, 4) is 40.2 Å². The first kappa shape index (κ1) is 47.0. The molecular formula is C49H47Cl2N5O8. The van der Waals surface area contributed by atoms with Crippen LogP contribution in [-0.4, -0.2) is 57.2 Å². The van der Waals surface area contributed by atoms with E-state index in [1.54, 1.807) is 62.2 Å². The van der Waals surface area contributed by atoms with Crippen LogP contribution in [0, 0.1) is 25.2 Å². The monoisotopic (exact) mass is 903 g/mol. The molecule has 1 atom stereocenters. The first-order valence-corrected chi connectivity index (χ1v) is 21.0. The Balaban J connectivity index is 1.18. The average molecular weight is 905 g/mol. The lowest BCUT2D eigenvalue weighted by Crippen LogP contribution is -2.37. The maximum absolute atomic E-state index is 11.8. The quantitative estimate of drug-likeness (QED) is 0.0504. The number of benzene rings is 4. The number of aliphatic carboxylic acids is 1. The SMILES string of the molecule is CN=Cc1cncc(COc2cc(OCc3cccc(-c4cccc(COc5cc(OCc6cncc(C#N)c6)c(CN[C@H](CCO)C(=O)O)cc5Cl)c4C)c3C)c(Cl)cc2CO)c1. The van der Waals surface area contributed by atoms with E-state index in [2.05, 4.69) is 38.5 Å². The first-order valence-electron chi connectivity index (χ1n) is 20.2. The number of hydrogen-bond donors (Lipinski definition) is 4. The number of nitrogens with zero attached hydrogens (tertiary/aromatic N) is 4. The number of aliphatic imine (C=N–C) groups is 1. The van der Waals surface area contributed by atoms with Crippen LogP contribution < -0.4 is 24.3 Å². The number of nitriles is 1. The van der Waals surface area contributed by atoms with Crippen LogP contribution in [0.15, 0.2) is 103 Å². The molecule has 0 aliphatic heterocycles. The fourth-order valence-corrected chi connectivity index (χ4v) is 7.39. The highest BCUT2D eigenvalue weighted by atomic mass is 35.5. The van der Waals surface area contributed by atoms with Crippen LogP contribution >= 0.6 is 23.2 Å². The van der Waals surface area contributed by atoms with Gasteiger partial charge in [-0.05, 0) is 77.9 Å². The maximum Gasteiger partial charge on any atom is 0.320 e. The molecule has 0 spiro atoms. The van der Waals surface area contributed by atoms with Crippen molar-refractivity contribution < 1.29 is 39.1 Å². The third-order valence-corrected chi connectivity index (χ3v) is 11.0. The molecule has 0 radical (unpaired) electrons. The second kappa shape index (κ2) is 22.7. The molecule has 6 rings (SSSR count). The predicted molar refractivity (Wildman–Crippen MR) is 244 cm³/mol. The number of rotatable bonds is 21. The molecule has 15 heteroatoms. The van der Waals surface area contributed by atoms with Gasteiger partial charge in [0.25, 0.3) is 0 Å². The molecule has 0 fully saturated rings. The molecule has 4 aromatic carbocycles. The van der Waals surface area contributed by atoms with Crippen LogP contribution in [0.2, 0.25) is 10.0 Å². The van der Waals surface area contributed by atoms with Crippen LogP contribution in [0.25, 0.3) is 11.1 Å². The van der Waals surface area contributed by atoms with Crippen LogP contribution in [0.4, 0.5) is 0 Å². The minimum Gasteiger partial charge on any atom is -0.488 e. The van der Waals surface area contributed by atoms with Crippen LogP contribution in [0.3, 0.4) is 0 Å². The van der Waals surface area contributed by atoms with Gasteiger partial charge in [0.15, 0.2) is 0 Å². The van der Waals surface area contributed by atoms with E-state index in [1.165, 1.54) is 6.20 Å². The Morgan fingerprint density at radius 3 is 1.84 bits per heavy atom. The van der Waals surface area contributed by atoms with Gasteiger partial charge in [-0.25, -0.2) is 0 Å². The number of aliphatic hydroxyl groups is 2. The number of pyridine rings is 2. The Hall–Kier alpha value is -6.53. The van der Waals surface area contributed by atoms with E-state index in [0.717, 1.165) is 44.5 Å². The molecule has 0 aliphatic rings. The van der Waals surface area contributed by atoms with Gasteiger partial charge in [-0.2, -0.15) is 5.26 Å². The van der Waals surface area contributed by atoms with Gasteiger partial charge in [0.2, 0.25) is 0 Å². The molecule has 0 saturated heterocycles. The van der Waals surface area contributed by atoms with Crippen molar-refractivity contribution in [2.45, 2.75) is 65.9 Å². The lowest BCUT2D eigenvalue weighted by molar-refractivity contribution is -0.140. The summed E-state index contributed by atoms with van der Waals surface area (Å²) < 4.78 is 24.9. The maximum atomic E-state index is 11.8. The second-order valence-corrected chi connectivity index (χ2v) is 15.6. The summed E-state index contributed by atoms with van der Waals surface area (Å²) in [4.78, 5) is 24.2. The molecule has 0 aliphatic carbocycles. The summed E-state index contributed by atoms with van der Waals surface area (Å²) in [5, 5.41) is 42.0. The molecule has 330 valence electrons. The zero-order valence-corrected chi connectivity index (χ0v) is 37.0. The predicted octanol–water partition coefficient (Wildman–Crippen LogP) is 8.72. The number of carbonyl (C=O) groups is 1. The summed E-state index contributed by atoms with van der Waals surface area (Å²) in [6.07, 6.45) is 8.20. The van der Waals surface area contributed by atoms with Gasteiger partial charge in [-0.1, -0.05) is 59.6 Å². The summed E-state index contributed by atoms with van der Waals surface area (Å²) >= 11 is 13.4. The molecule has 4 N–H and O–H groups in total. The van der Waals surface area contributed by atoms with Crippen molar-refractivity contribution in [1.29, 1.82) is 5.26 Å². The summed E-state index contributed by atoms with van der Waals surface area (Å²) in [6.45, 7) is 4.25. The summed E-state index contributed by atoms with van der Waals surface area (Å²) in [7, 11) is 1.69. The van der Waals surface area contributed by atoms with Gasteiger partial charge in [0.1, 0.15) is 61.5 Å². The average Bonchev–Trinajstić information content (AvgIpc) is 3.29. The molecule has 2 aromatic heterocycles. The van der Waals surface area contributed by atoms with Crippen molar-refractivity contribution in [2.75, 3.05) is 13.7 Å². The molecule has 64 heavy (non-hydrogen) atoms. The molecule has 0 saturated carbocycles. The van der Waals surface area contributed by atoms with Gasteiger partial charge in [-0.3, -0.25) is 19.8 Å². The smallest absolute Gasteiger partial charge is 0.320 e. The highest BCUT2D eigenvalue weighted by Gasteiger charge is 2.20. The molecule has 0 amide bonds. The minimum absolute atomic E-state index is 0.0146. The van der Waals surface area contributed by atoms with Gasteiger partial charge in [0, 0.05) is 91.2 Å². The van der Waals surface area contributed by atoms with Crippen LogP contribution in [-0.2, 0) is 44.4 Å². The highest BCUT2D eigenvalue weighted by molar-refractivity contribution is 6.32. The van der Waals surface area contributed by atoms with Crippen LogP contribution in [0.1, 0.15) is 62.1 Å². The number of carboxylic acids is 1. The number of halogens is 2. The normalized spacial score (nSPS) is 11.6. The molecule has 2 heterocycles. The lowest BCUT2D eigenvalue weighted by atomic mass is 9.92. The Labute approximate surface area is 381 Å². The van der Waals surface area contributed by atoms with Crippen molar-refractivity contribution in [2.24, 2.45) is 4.99 Å². The third kappa shape index (κ3) is 12.1. The number of hydrogen-bond acceptors (Lipinski definition) is 12. The van der Waals surface area contributed by atoms with E-state index in [4.69, 9.17) is 42.1 Å². The van der Waals surface area contributed by atoms with E-state index in [9.17, 15) is 25.4 Å². The van der Waals surface area contributed by atoms with Crippen LogP contribution in [0.5, 0.6) is 23.0 Å². The molecule has 13 nitrogen and oxygen atoms in total. The largest absolute Gasteiger partial charge is 0.488 e. The zero-order valence-electron chi connectivity index (χ0n) is 35.5. The summed E-state index contributed by atoms with van der Waals surface area (Å²) in [5.41, 5.74) is 9.71. The molecule has 0 unspecified atom stereocenters. The van der Waals surface area contributed by atoms with Crippen molar-refractivity contribution in [1.82, 2.24) is 15.3 Å². The van der Waals surface area contributed by atoms with E-state index >= 15 is 0 Å². The minimum atomic E-state index is -1.10. The fraction of sp³-hybridized carbons (Fsp3) is 0.245. The van der Waals surface area contributed by atoms with Gasteiger partial charge in [-0.15, -0.1) is 0 Å². The van der Waals surface area contributed by atoms with E-state index < -0.39 is 12.0 Å². The first-order chi connectivity index (χ1) is 31.0. The molecule has 6 aromatic rings. The number of carboxylic acid groups (broad SMARTS) is 1. The standard InChI is InChI=1S/C49H47Cl2N5O8/c1-30-36(28-63-47-16-45(61-26-34-12-32(18-52)20-54-22-34)38(14-42(47)50)24-56-44(10-11-57)49(59)60)6-4-8-40(30)41-9-5-7-37(31(41)2)29-64-48-17-46(39(25-58)15-43(48)51)62-27-35-13-33(19-53-3)21-55-23-35/h4-9,12-17,19-23,44,56-58H,10-11,24-29H2,1-3H3,(H,59,60)/t44-/m1/s1. The number of ether oxygens (including phenoxy) is 4. The second-order valence-electron chi connectivity index (χ2n) is 14.8. The zero-order chi connectivity index (χ0) is 45.6. The Kier molecular flexibility index (Phi) is 16.7. The Bertz CT molecular complexity index is 2670. The fourth-order valence-electron chi connectivity index (χ4n) is 6.91. The van der Waals surface area contributed by atoms with Crippen molar-refractivity contribution in [3.63, 3.8) is 0 Å². The summed E-state index contributed by atoms with van der Waals surface area (Å²) in [5.74, 6) is 0.491. The summed E-state index contributed by atoms with van der Waals surface area (Å²) in [6, 6.07) is 23.4. The molecular weight excluding hydrogens is 857 g/mol. The Morgan fingerprint density at radius 1 is 0.750 bits per heavy atom. The van der Waals surface area contributed by atoms with Crippen molar-refractivity contribution in [3.05, 3.63) is 163 Å². The van der Waals surface area contributed by atoms with E-state index in [0.29, 0.717) is 55.3 Å². The topological polar surface area (TPSA) is 189 Å². The lowest BCUT2D eigenvalue weighted by Gasteiger charge is -2.19. The number of aliphatic hydroxyl groups excluding tert-OH is 2. The Morgan fingerprint density at radius 2 is 1.30 bits per heavy atom. The number of aromatic nitrogens is 2. The highest BCUT2D eigenvalue weighted by Crippen LogP contribution is 2.37. The van der Waals surface area contributed by atoms with Gasteiger partial charge < -0.3 is 39.6 Å². The van der Waals surface area contributed by atoms with Crippen molar-refractivity contribution >= 4 is 35.4 Å². The third-order valence-electron chi connectivity index (χ3n) is 10.4. The van der Waals surface area contributed by atoms with Gasteiger partial charge >= 0.3 is 5.97 Å². The van der Waals surface area contributed by atoms with E-state index in [1.807, 2.05) is 44.2 Å². The molecule has 0 bridgehead atoms.